The fraction of sp³-hybridized carbons (Fsp3) is 0.111. The number of hydrogen-bond donors (Lipinski definition) is 0. The van der Waals surface area contributed by atoms with E-state index in [1.165, 1.54) is 13.2 Å². The summed E-state index contributed by atoms with van der Waals surface area (Å²) in [5, 5.41) is 11.1. The Morgan fingerprint density at radius 1 is 1.27 bits per heavy atom. The van der Waals surface area contributed by atoms with E-state index in [2.05, 4.69) is 20.9 Å². The minimum absolute atomic E-state index is 0.0262. The number of nitro groups is 1. The van der Waals surface area contributed by atoms with Crippen molar-refractivity contribution in [3.05, 3.63) is 73.4 Å². The molecule has 26 heavy (non-hydrogen) atoms. The van der Waals surface area contributed by atoms with Crippen LogP contribution in [0.15, 0.2) is 51.6 Å². The second kappa shape index (κ2) is 7.09. The number of benzene rings is 2. The van der Waals surface area contributed by atoms with E-state index in [9.17, 15) is 14.9 Å². The molecule has 0 aliphatic carbocycles. The maximum Gasteiger partial charge on any atom is 0.363 e. The van der Waals surface area contributed by atoms with Gasteiger partial charge in [-0.1, -0.05) is 22.0 Å². The van der Waals surface area contributed by atoms with E-state index in [-0.39, 0.29) is 17.3 Å². The Labute approximate surface area is 157 Å². The van der Waals surface area contributed by atoms with Gasteiger partial charge < -0.3 is 9.47 Å². The number of esters is 1. The normalized spacial score (nSPS) is 15.0. The number of methoxy groups -OCH3 is 1. The summed E-state index contributed by atoms with van der Waals surface area (Å²) in [5.41, 5.74) is 1.54. The third-order valence-electron chi connectivity index (χ3n) is 3.76. The lowest BCUT2D eigenvalue weighted by Gasteiger charge is -2.04. The van der Waals surface area contributed by atoms with Gasteiger partial charge in [0.1, 0.15) is 5.75 Å². The van der Waals surface area contributed by atoms with Gasteiger partial charge >= 0.3 is 5.97 Å². The van der Waals surface area contributed by atoms with Gasteiger partial charge in [-0.25, -0.2) is 9.79 Å². The van der Waals surface area contributed by atoms with Crippen LogP contribution in [0.3, 0.4) is 0 Å². The zero-order chi connectivity index (χ0) is 18.8. The first-order valence-corrected chi connectivity index (χ1v) is 8.30. The van der Waals surface area contributed by atoms with Crippen molar-refractivity contribution < 1.29 is 19.2 Å². The van der Waals surface area contributed by atoms with E-state index in [0.717, 1.165) is 4.47 Å². The summed E-state index contributed by atoms with van der Waals surface area (Å²) in [4.78, 5) is 26.9. The van der Waals surface area contributed by atoms with E-state index in [1.807, 2.05) is 6.07 Å². The van der Waals surface area contributed by atoms with Crippen molar-refractivity contribution in [2.75, 3.05) is 7.11 Å². The number of aliphatic imine (C=N–C) groups is 1. The molecule has 2 aromatic rings. The summed E-state index contributed by atoms with van der Waals surface area (Å²) in [5.74, 6) is -0.0355. The molecule has 1 aliphatic rings. The summed E-state index contributed by atoms with van der Waals surface area (Å²) < 4.78 is 11.3. The molecule has 0 bridgehead atoms. The molecule has 2 aromatic carbocycles. The molecule has 8 heteroatoms. The lowest BCUT2D eigenvalue weighted by molar-refractivity contribution is -0.385. The minimum Gasteiger partial charge on any atom is -0.496 e. The third kappa shape index (κ3) is 3.50. The Kier molecular flexibility index (Phi) is 4.85. The average molecular weight is 417 g/mol. The van der Waals surface area contributed by atoms with Crippen LogP contribution in [-0.2, 0) is 9.53 Å². The molecule has 0 unspecified atom stereocenters. The largest absolute Gasteiger partial charge is 0.496 e. The molecule has 3 rings (SSSR count). The van der Waals surface area contributed by atoms with Crippen LogP contribution >= 0.6 is 15.9 Å². The highest BCUT2D eigenvalue weighted by molar-refractivity contribution is 9.10. The number of aryl methyl sites for hydroxylation is 1. The molecular formula is C18H13BrN2O5. The fourth-order valence-corrected chi connectivity index (χ4v) is 2.82. The monoisotopic (exact) mass is 416 g/mol. The number of nitrogens with zero attached hydrogens (tertiary/aromatic N) is 2. The molecule has 0 aromatic heterocycles. The van der Waals surface area contributed by atoms with Crippen molar-refractivity contribution in [1.29, 1.82) is 0 Å². The number of carbonyl (C=O) groups is 1. The molecule has 0 N–H and O–H groups in total. The highest BCUT2D eigenvalue weighted by Crippen LogP contribution is 2.28. The number of nitro benzene ring substituents is 1. The summed E-state index contributed by atoms with van der Waals surface area (Å²) >= 11 is 3.37. The van der Waals surface area contributed by atoms with Crippen LogP contribution in [0.4, 0.5) is 5.69 Å². The topological polar surface area (TPSA) is 91.0 Å². The maximum atomic E-state index is 12.1. The highest BCUT2D eigenvalue weighted by atomic mass is 79.9. The molecule has 0 atom stereocenters. The van der Waals surface area contributed by atoms with Gasteiger partial charge in [-0.2, -0.15) is 0 Å². The molecule has 132 valence electrons. The summed E-state index contributed by atoms with van der Waals surface area (Å²) in [6.07, 6.45) is 1.54. The highest BCUT2D eigenvalue weighted by Gasteiger charge is 2.26. The molecule has 0 saturated heterocycles. The fourth-order valence-electron chi connectivity index (χ4n) is 2.44. The quantitative estimate of drug-likeness (QED) is 0.324. The summed E-state index contributed by atoms with van der Waals surface area (Å²) in [6, 6.07) is 9.89. The molecule has 0 amide bonds. The van der Waals surface area contributed by atoms with Crippen molar-refractivity contribution in [2.45, 2.75) is 6.92 Å². The lowest BCUT2D eigenvalue weighted by Crippen LogP contribution is -2.06. The molecule has 0 saturated carbocycles. The number of ether oxygens (including phenoxy) is 2. The summed E-state index contributed by atoms with van der Waals surface area (Å²) in [6.45, 7) is 1.63. The average Bonchev–Trinajstić information content (AvgIpc) is 2.96. The van der Waals surface area contributed by atoms with Gasteiger partial charge in [-0.3, -0.25) is 10.1 Å². The van der Waals surface area contributed by atoms with Crippen molar-refractivity contribution in [3.8, 4) is 5.75 Å². The van der Waals surface area contributed by atoms with Crippen molar-refractivity contribution in [1.82, 2.24) is 0 Å². The smallest absolute Gasteiger partial charge is 0.363 e. The van der Waals surface area contributed by atoms with Crippen LogP contribution in [0, 0.1) is 17.0 Å². The van der Waals surface area contributed by atoms with E-state index in [0.29, 0.717) is 22.4 Å². The first-order valence-electron chi connectivity index (χ1n) is 7.50. The summed E-state index contributed by atoms with van der Waals surface area (Å²) in [7, 11) is 1.53. The van der Waals surface area contributed by atoms with E-state index in [4.69, 9.17) is 9.47 Å². The Morgan fingerprint density at radius 2 is 2.04 bits per heavy atom. The first kappa shape index (κ1) is 17.8. The number of hydrogen-bond acceptors (Lipinski definition) is 6. The molecule has 0 radical (unpaired) electrons. The molecule has 1 heterocycles. The Morgan fingerprint density at radius 3 is 2.73 bits per heavy atom. The third-order valence-corrected chi connectivity index (χ3v) is 4.25. The van der Waals surface area contributed by atoms with Crippen LogP contribution in [0.25, 0.3) is 6.08 Å². The van der Waals surface area contributed by atoms with Gasteiger partial charge in [0.25, 0.3) is 5.69 Å². The van der Waals surface area contributed by atoms with Crippen molar-refractivity contribution in [3.63, 3.8) is 0 Å². The van der Waals surface area contributed by atoms with Gasteiger partial charge in [-0.15, -0.1) is 0 Å². The van der Waals surface area contributed by atoms with Crippen molar-refractivity contribution >= 4 is 39.6 Å². The van der Waals surface area contributed by atoms with Crippen LogP contribution in [0.1, 0.15) is 16.7 Å². The van der Waals surface area contributed by atoms with Gasteiger partial charge in [0.2, 0.25) is 5.90 Å². The molecule has 0 spiro atoms. The van der Waals surface area contributed by atoms with E-state index >= 15 is 0 Å². The van der Waals surface area contributed by atoms with Gasteiger partial charge in [0, 0.05) is 27.2 Å². The van der Waals surface area contributed by atoms with Crippen LogP contribution in [0.2, 0.25) is 0 Å². The zero-order valence-electron chi connectivity index (χ0n) is 13.9. The predicted octanol–water partition coefficient (Wildman–Crippen LogP) is 4.02. The van der Waals surface area contributed by atoms with Gasteiger partial charge in [-0.05, 0) is 37.3 Å². The van der Waals surface area contributed by atoms with E-state index < -0.39 is 10.9 Å². The SMILES string of the molecule is COc1ccc(Br)cc1/C=C1/N=C(c2ccc(C)c([N+](=O)[O-])c2)OC1=O. The number of cyclic esters (lactones) is 1. The lowest BCUT2D eigenvalue weighted by atomic mass is 10.1. The second-order valence-corrected chi connectivity index (χ2v) is 6.40. The molecule has 0 fully saturated rings. The van der Waals surface area contributed by atoms with E-state index in [1.54, 1.807) is 37.3 Å². The Balaban J connectivity index is 2.01. The Hall–Kier alpha value is -3.00. The van der Waals surface area contributed by atoms with Gasteiger partial charge in [0.05, 0.1) is 12.0 Å². The molecule has 7 nitrogen and oxygen atoms in total. The standard InChI is InChI=1S/C18H13BrN2O5/c1-10-3-4-11(9-15(10)21(23)24)17-20-14(18(22)26-17)8-12-7-13(19)5-6-16(12)25-2/h3-9H,1-2H3/b14-8+. The predicted molar refractivity (Wildman–Crippen MR) is 99.1 cm³/mol. The van der Waals surface area contributed by atoms with Crippen LogP contribution < -0.4 is 4.74 Å². The molecular weight excluding hydrogens is 404 g/mol. The number of carbonyl (C=O) groups excluding carboxylic acids is 1. The zero-order valence-corrected chi connectivity index (χ0v) is 15.4. The van der Waals surface area contributed by atoms with Crippen LogP contribution in [0.5, 0.6) is 5.75 Å². The van der Waals surface area contributed by atoms with Crippen LogP contribution in [-0.4, -0.2) is 23.9 Å². The van der Waals surface area contributed by atoms with Crippen molar-refractivity contribution in [2.24, 2.45) is 4.99 Å². The molecule has 1 aliphatic heterocycles. The first-order chi connectivity index (χ1) is 12.4. The number of halogens is 1. The maximum absolute atomic E-state index is 12.1. The Bertz CT molecular complexity index is 982. The van der Waals surface area contributed by atoms with Gasteiger partial charge in [0.15, 0.2) is 5.70 Å². The second-order valence-electron chi connectivity index (χ2n) is 5.48. The number of rotatable bonds is 4. The minimum atomic E-state index is -0.634.